The largest absolute Gasteiger partial charge is 0.459 e. The van der Waals surface area contributed by atoms with E-state index in [0.29, 0.717) is 42.1 Å². The molecule has 2 aliphatic heterocycles. The van der Waals surface area contributed by atoms with Crippen molar-refractivity contribution in [1.29, 1.82) is 0 Å². The second kappa shape index (κ2) is 7.81. The number of hydrogen-bond donors (Lipinski definition) is 1. The Hall–Kier alpha value is -4.20. The van der Waals surface area contributed by atoms with Crippen molar-refractivity contribution in [1.82, 2.24) is 9.80 Å². The molecular weight excluding hydrogens is 410 g/mol. The molecule has 0 saturated carbocycles. The Balaban J connectivity index is 1.27. The minimum atomic E-state index is -0.474. The maximum absolute atomic E-state index is 12.6. The zero-order chi connectivity index (χ0) is 22.2. The molecule has 8 heteroatoms. The van der Waals surface area contributed by atoms with Crippen molar-refractivity contribution in [3.63, 3.8) is 0 Å². The molecular formula is C24H19N3O5. The van der Waals surface area contributed by atoms with Gasteiger partial charge in [0, 0.05) is 18.8 Å². The minimum Gasteiger partial charge on any atom is -0.459 e. The summed E-state index contributed by atoms with van der Waals surface area (Å²) in [6.07, 6.45) is 2.16. The van der Waals surface area contributed by atoms with Crippen molar-refractivity contribution >= 4 is 29.3 Å². The van der Waals surface area contributed by atoms with Gasteiger partial charge in [-0.2, -0.15) is 0 Å². The summed E-state index contributed by atoms with van der Waals surface area (Å²) in [6, 6.07) is 15.3. The number of nitrogens with zero attached hydrogens (tertiary/aromatic N) is 2. The molecule has 0 aliphatic carbocycles. The van der Waals surface area contributed by atoms with Gasteiger partial charge in [0.1, 0.15) is 6.54 Å². The van der Waals surface area contributed by atoms with Gasteiger partial charge in [-0.05, 0) is 53.9 Å². The fourth-order valence-electron chi connectivity index (χ4n) is 4.09. The lowest BCUT2D eigenvalue weighted by Gasteiger charge is -2.28. The number of benzene rings is 2. The van der Waals surface area contributed by atoms with Crippen LogP contribution in [0, 0.1) is 0 Å². The lowest BCUT2D eigenvalue weighted by molar-refractivity contribution is -0.116. The van der Waals surface area contributed by atoms with E-state index >= 15 is 0 Å². The molecule has 0 bridgehead atoms. The molecule has 3 heterocycles. The van der Waals surface area contributed by atoms with Crippen LogP contribution in [-0.4, -0.2) is 46.5 Å². The number of nitrogens with one attached hydrogen (secondary N) is 1. The topological polar surface area (TPSA) is 99.9 Å². The average molecular weight is 429 g/mol. The molecule has 1 aromatic heterocycles. The van der Waals surface area contributed by atoms with Crippen LogP contribution in [0.25, 0.3) is 0 Å². The number of carbonyl (C=O) groups excluding carboxylic acids is 4. The first-order valence-corrected chi connectivity index (χ1v) is 10.2. The van der Waals surface area contributed by atoms with Crippen molar-refractivity contribution in [2.75, 3.05) is 18.4 Å². The van der Waals surface area contributed by atoms with Crippen molar-refractivity contribution in [3.8, 4) is 0 Å². The number of amides is 4. The summed E-state index contributed by atoms with van der Waals surface area (Å²) >= 11 is 0. The van der Waals surface area contributed by atoms with Crippen molar-refractivity contribution in [2.45, 2.75) is 13.0 Å². The first-order chi connectivity index (χ1) is 15.5. The zero-order valence-electron chi connectivity index (χ0n) is 17.0. The van der Waals surface area contributed by atoms with Crippen molar-refractivity contribution in [2.24, 2.45) is 0 Å². The van der Waals surface area contributed by atoms with E-state index in [-0.39, 0.29) is 12.5 Å². The van der Waals surface area contributed by atoms with Gasteiger partial charge in [0.15, 0.2) is 5.76 Å². The first-order valence-electron chi connectivity index (χ1n) is 10.2. The molecule has 32 heavy (non-hydrogen) atoms. The molecule has 3 aromatic rings. The highest BCUT2D eigenvalue weighted by molar-refractivity contribution is 6.22. The van der Waals surface area contributed by atoms with E-state index in [4.69, 9.17) is 4.42 Å². The molecule has 4 amide bonds. The number of fused-ring (bicyclic) bond motifs is 2. The van der Waals surface area contributed by atoms with Crippen LogP contribution in [-0.2, 0) is 17.8 Å². The predicted octanol–water partition coefficient (Wildman–Crippen LogP) is 2.71. The van der Waals surface area contributed by atoms with Gasteiger partial charge in [0.05, 0.1) is 17.4 Å². The Morgan fingerprint density at radius 2 is 1.69 bits per heavy atom. The molecule has 0 unspecified atom stereocenters. The molecule has 5 rings (SSSR count). The third-order valence-corrected chi connectivity index (χ3v) is 5.70. The van der Waals surface area contributed by atoms with Gasteiger partial charge in [0.25, 0.3) is 17.7 Å². The van der Waals surface area contributed by atoms with E-state index in [0.717, 1.165) is 16.0 Å². The second-order valence-corrected chi connectivity index (χ2v) is 7.73. The summed E-state index contributed by atoms with van der Waals surface area (Å²) in [4.78, 5) is 52.7. The summed E-state index contributed by atoms with van der Waals surface area (Å²) in [5.74, 6) is -1.31. The number of rotatable bonds is 4. The fraction of sp³-hybridized carbons (Fsp3) is 0.167. The molecule has 160 valence electrons. The van der Waals surface area contributed by atoms with Crippen molar-refractivity contribution < 1.29 is 23.6 Å². The second-order valence-electron chi connectivity index (χ2n) is 7.73. The SMILES string of the molecule is O=C(CN1C(=O)c2ccccc2C1=O)Nc1ccc2c(c1)CN(C(=O)c1ccco1)CC2. The molecule has 1 N–H and O–H groups in total. The standard InChI is InChI=1S/C24H19N3O5/c28-21(14-27-22(29)18-4-1-2-5-19(18)23(27)30)25-17-8-7-15-9-10-26(13-16(15)12-17)24(31)20-6-3-11-32-20/h1-8,11-12H,9-10,13-14H2,(H,25,28). The van der Waals surface area contributed by atoms with E-state index in [1.807, 2.05) is 12.1 Å². The molecule has 0 radical (unpaired) electrons. The first kappa shape index (κ1) is 19.7. The van der Waals surface area contributed by atoms with Crippen LogP contribution >= 0.6 is 0 Å². The Labute approximate surface area is 183 Å². The Morgan fingerprint density at radius 3 is 2.38 bits per heavy atom. The maximum Gasteiger partial charge on any atom is 0.289 e. The van der Waals surface area contributed by atoms with Crippen molar-refractivity contribution in [3.05, 3.63) is 88.9 Å². The Morgan fingerprint density at radius 1 is 0.938 bits per heavy atom. The van der Waals surface area contributed by atoms with Crippen LogP contribution < -0.4 is 5.32 Å². The van der Waals surface area contributed by atoms with Gasteiger partial charge in [-0.1, -0.05) is 18.2 Å². The highest BCUT2D eigenvalue weighted by Crippen LogP contribution is 2.25. The fourth-order valence-corrected chi connectivity index (χ4v) is 4.09. The van der Waals surface area contributed by atoms with Crippen LogP contribution in [0.3, 0.4) is 0 Å². The third-order valence-electron chi connectivity index (χ3n) is 5.70. The van der Waals surface area contributed by atoms with E-state index < -0.39 is 17.7 Å². The number of carbonyl (C=O) groups is 4. The molecule has 8 nitrogen and oxygen atoms in total. The number of imide groups is 1. The van der Waals surface area contributed by atoms with Gasteiger partial charge in [-0.15, -0.1) is 0 Å². The summed E-state index contributed by atoms with van der Waals surface area (Å²) in [5, 5.41) is 2.75. The molecule has 0 saturated heterocycles. The number of anilines is 1. The number of hydrogen-bond acceptors (Lipinski definition) is 5. The van der Waals surface area contributed by atoms with E-state index in [2.05, 4.69) is 5.32 Å². The lowest BCUT2D eigenvalue weighted by atomic mass is 9.99. The lowest BCUT2D eigenvalue weighted by Crippen LogP contribution is -2.37. The summed E-state index contributed by atoms with van der Waals surface area (Å²) in [6.45, 7) is 0.613. The van der Waals surface area contributed by atoms with Crippen LogP contribution in [0.4, 0.5) is 5.69 Å². The van der Waals surface area contributed by atoms with Gasteiger partial charge in [0.2, 0.25) is 5.91 Å². The molecule has 2 aliphatic rings. The Bertz CT molecular complexity index is 1210. The van der Waals surface area contributed by atoms with Gasteiger partial charge >= 0.3 is 0 Å². The molecule has 0 atom stereocenters. The van der Waals surface area contributed by atoms with E-state index in [1.54, 1.807) is 47.4 Å². The molecule has 2 aromatic carbocycles. The quantitative estimate of drug-likeness (QED) is 0.643. The average Bonchev–Trinajstić information content (AvgIpc) is 3.42. The summed E-state index contributed by atoms with van der Waals surface area (Å²) in [5.41, 5.74) is 3.18. The zero-order valence-corrected chi connectivity index (χ0v) is 17.0. The minimum absolute atomic E-state index is 0.180. The van der Waals surface area contributed by atoms with Crippen LogP contribution in [0.15, 0.2) is 65.3 Å². The maximum atomic E-state index is 12.6. The summed E-state index contributed by atoms with van der Waals surface area (Å²) < 4.78 is 5.21. The smallest absolute Gasteiger partial charge is 0.289 e. The molecule has 0 fully saturated rings. The normalized spacial score (nSPS) is 14.9. The summed E-state index contributed by atoms with van der Waals surface area (Å²) in [7, 11) is 0. The Kier molecular flexibility index (Phi) is 4.82. The van der Waals surface area contributed by atoms with E-state index in [1.165, 1.54) is 6.26 Å². The van der Waals surface area contributed by atoms with E-state index in [9.17, 15) is 19.2 Å². The van der Waals surface area contributed by atoms with Crippen LogP contribution in [0.2, 0.25) is 0 Å². The number of furan rings is 1. The van der Waals surface area contributed by atoms with Gasteiger partial charge in [-0.25, -0.2) is 0 Å². The van der Waals surface area contributed by atoms with Crippen LogP contribution in [0.1, 0.15) is 42.4 Å². The predicted molar refractivity (Wildman–Crippen MR) is 114 cm³/mol. The molecule has 0 spiro atoms. The van der Waals surface area contributed by atoms with Gasteiger partial charge < -0.3 is 14.6 Å². The third kappa shape index (κ3) is 3.45. The highest BCUT2D eigenvalue weighted by atomic mass is 16.3. The van der Waals surface area contributed by atoms with Gasteiger partial charge in [-0.3, -0.25) is 24.1 Å². The monoisotopic (exact) mass is 429 g/mol. The van der Waals surface area contributed by atoms with Crippen LogP contribution in [0.5, 0.6) is 0 Å². The highest BCUT2D eigenvalue weighted by Gasteiger charge is 2.36.